The number of methoxy groups -OCH3 is 1. The molecule has 2 rings (SSSR count). The molecule has 0 aromatic heterocycles. The lowest BCUT2D eigenvalue weighted by Crippen LogP contribution is -2.20. The number of hydrogen-bond donors (Lipinski definition) is 1. The first kappa shape index (κ1) is 18.8. The number of rotatable bonds is 7. The highest BCUT2D eigenvalue weighted by molar-refractivity contribution is 6.32. The Morgan fingerprint density at radius 3 is 2.64 bits per heavy atom. The van der Waals surface area contributed by atoms with Crippen LogP contribution in [-0.2, 0) is 11.3 Å². The summed E-state index contributed by atoms with van der Waals surface area (Å²) in [5.41, 5.74) is 1.53. The zero-order chi connectivity index (χ0) is 18.2. The van der Waals surface area contributed by atoms with Crippen LogP contribution in [0.5, 0.6) is 11.5 Å². The minimum atomic E-state index is -0.309. The van der Waals surface area contributed by atoms with Gasteiger partial charge in [-0.05, 0) is 48.4 Å². The van der Waals surface area contributed by atoms with Crippen molar-refractivity contribution < 1.29 is 18.7 Å². The monoisotopic (exact) mass is 363 g/mol. The maximum atomic E-state index is 12.8. The molecule has 1 amide bonds. The second-order valence-corrected chi connectivity index (χ2v) is 5.55. The molecule has 0 saturated heterocycles. The van der Waals surface area contributed by atoms with Crippen LogP contribution in [0.15, 0.2) is 42.5 Å². The van der Waals surface area contributed by atoms with Crippen LogP contribution in [-0.4, -0.2) is 19.6 Å². The zero-order valence-corrected chi connectivity index (χ0v) is 14.8. The van der Waals surface area contributed by atoms with Crippen molar-refractivity contribution in [2.45, 2.75) is 13.5 Å². The highest BCUT2D eigenvalue weighted by Gasteiger charge is 2.10. The Morgan fingerprint density at radius 1 is 1.28 bits per heavy atom. The first-order chi connectivity index (χ1) is 12.0. The van der Waals surface area contributed by atoms with Gasteiger partial charge in [0.15, 0.2) is 11.5 Å². The molecule has 2 aromatic rings. The van der Waals surface area contributed by atoms with Crippen molar-refractivity contribution in [1.29, 1.82) is 0 Å². The summed E-state index contributed by atoms with van der Waals surface area (Å²) in [5.74, 6) is 0.399. The smallest absolute Gasteiger partial charge is 0.244 e. The van der Waals surface area contributed by atoms with E-state index in [-0.39, 0.29) is 11.7 Å². The lowest BCUT2D eigenvalue weighted by atomic mass is 10.2. The van der Waals surface area contributed by atoms with Gasteiger partial charge in [0.1, 0.15) is 5.82 Å². The van der Waals surface area contributed by atoms with Crippen molar-refractivity contribution >= 4 is 23.6 Å². The first-order valence-corrected chi connectivity index (χ1v) is 8.12. The second-order valence-electron chi connectivity index (χ2n) is 5.14. The lowest BCUT2D eigenvalue weighted by Gasteiger charge is -2.11. The molecule has 25 heavy (non-hydrogen) atoms. The van der Waals surface area contributed by atoms with E-state index < -0.39 is 0 Å². The summed E-state index contributed by atoms with van der Waals surface area (Å²) in [6, 6.07) is 9.39. The van der Waals surface area contributed by atoms with Gasteiger partial charge in [-0.1, -0.05) is 23.7 Å². The van der Waals surface area contributed by atoms with E-state index in [2.05, 4.69) is 5.32 Å². The molecule has 0 radical (unpaired) electrons. The van der Waals surface area contributed by atoms with Gasteiger partial charge in [-0.2, -0.15) is 0 Å². The number of halogens is 2. The van der Waals surface area contributed by atoms with E-state index >= 15 is 0 Å². The summed E-state index contributed by atoms with van der Waals surface area (Å²) in [5, 5.41) is 3.13. The Bertz CT molecular complexity index is 760. The molecular weight excluding hydrogens is 345 g/mol. The molecule has 132 valence electrons. The van der Waals surface area contributed by atoms with Crippen molar-refractivity contribution in [3.63, 3.8) is 0 Å². The van der Waals surface area contributed by atoms with Gasteiger partial charge in [0.05, 0.1) is 18.7 Å². The summed E-state index contributed by atoms with van der Waals surface area (Å²) in [6.07, 6.45) is 3.03. The van der Waals surface area contributed by atoms with Crippen LogP contribution in [0, 0.1) is 5.82 Å². The predicted molar refractivity (Wildman–Crippen MR) is 96.5 cm³/mol. The summed E-state index contributed by atoms with van der Waals surface area (Å²) >= 11 is 6.17. The summed E-state index contributed by atoms with van der Waals surface area (Å²) < 4.78 is 23.6. The molecule has 0 saturated carbocycles. The zero-order valence-electron chi connectivity index (χ0n) is 14.0. The normalized spacial score (nSPS) is 10.7. The van der Waals surface area contributed by atoms with Gasteiger partial charge in [0.2, 0.25) is 5.91 Å². The molecule has 0 fully saturated rings. The first-order valence-electron chi connectivity index (χ1n) is 7.74. The third-order valence-electron chi connectivity index (χ3n) is 3.34. The molecule has 4 nitrogen and oxygen atoms in total. The second kappa shape index (κ2) is 9.08. The highest BCUT2D eigenvalue weighted by atomic mass is 35.5. The van der Waals surface area contributed by atoms with E-state index in [1.165, 1.54) is 25.3 Å². The molecule has 0 spiro atoms. The molecule has 0 atom stereocenters. The van der Waals surface area contributed by atoms with Crippen molar-refractivity contribution in [3.05, 3.63) is 64.4 Å². The molecule has 2 aromatic carbocycles. The predicted octanol–water partition coefficient (Wildman–Crippen LogP) is 4.22. The fraction of sp³-hybridized carbons (Fsp3) is 0.211. The maximum absolute atomic E-state index is 12.8. The Hall–Kier alpha value is -2.53. The largest absolute Gasteiger partial charge is 0.491 e. The topological polar surface area (TPSA) is 47.6 Å². The van der Waals surface area contributed by atoms with Crippen LogP contribution >= 0.6 is 11.6 Å². The standard InChI is InChI=1S/C19H19ClFNO3/c1-3-25-17-11-14(10-16(20)19(17)24-2)6-9-18(23)22-12-13-4-7-15(21)8-5-13/h4-11H,3,12H2,1-2H3,(H,22,23)/b9-6+. The van der Waals surface area contributed by atoms with E-state index in [9.17, 15) is 9.18 Å². The number of benzene rings is 2. The Kier molecular flexibility index (Phi) is 6.83. The van der Waals surface area contributed by atoms with Crippen LogP contribution in [0.25, 0.3) is 6.08 Å². The fourth-order valence-electron chi connectivity index (χ4n) is 2.17. The van der Waals surface area contributed by atoms with Gasteiger partial charge in [0, 0.05) is 12.6 Å². The number of amides is 1. The number of nitrogens with one attached hydrogen (secondary N) is 1. The van der Waals surface area contributed by atoms with E-state index in [4.69, 9.17) is 21.1 Å². The van der Waals surface area contributed by atoms with Crippen molar-refractivity contribution in [2.24, 2.45) is 0 Å². The van der Waals surface area contributed by atoms with Crippen molar-refractivity contribution in [2.75, 3.05) is 13.7 Å². The quantitative estimate of drug-likeness (QED) is 0.749. The number of carbonyl (C=O) groups excluding carboxylic acids is 1. The van der Waals surface area contributed by atoms with Crippen molar-refractivity contribution in [3.8, 4) is 11.5 Å². The summed E-state index contributed by atoms with van der Waals surface area (Å²) in [7, 11) is 1.52. The highest BCUT2D eigenvalue weighted by Crippen LogP contribution is 2.36. The lowest BCUT2D eigenvalue weighted by molar-refractivity contribution is -0.116. The van der Waals surface area contributed by atoms with E-state index in [1.54, 1.807) is 30.3 Å². The van der Waals surface area contributed by atoms with Crippen molar-refractivity contribution in [1.82, 2.24) is 5.32 Å². The van der Waals surface area contributed by atoms with E-state index in [0.29, 0.717) is 35.2 Å². The van der Waals surface area contributed by atoms with E-state index in [1.807, 2.05) is 6.92 Å². The average Bonchev–Trinajstić information content (AvgIpc) is 2.59. The molecule has 0 heterocycles. The molecule has 0 aliphatic carbocycles. The number of ether oxygens (including phenoxy) is 2. The fourth-order valence-corrected chi connectivity index (χ4v) is 2.46. The van der Waals surface area contributed by atoms with Gasteiger partial charge in [-0.3, -0.25) is 4.79 Å². The third-order valence-corrected chi connectivity index (χ3v) is 3.62. The Labute approximate surface area is 151 Å². The van der Waals surface area contributed by atoms with Crippen LogP contribution < -0.4 is 14.8 Å². The van der Waals surface area contributed by atoms with E-state index in [0.717, 1.165) is 5.56 Å². The minimum absolute atomic E-state index is 0.269. The third kappa shape index (κ3) is 5.50. The minimum Gasteiger partial charge on any atom is -0.491 e. The molecule has 0 bridgehead atoms. The van der Waals surface area contributed by atoms with Gasteiger partial charge in [-0.15, -0.1) is 0 Å². The Morgan fingerprint density at radius 2 is 2.00 bits per heavy atom. The number of hydrogen-bond acceptors (Lipinski definition) is 3. The molecule has 6 heteroatoms. The van der Waals surface area contributed by atoms with Gasteiger partial charge in [0.25, 0.3) is 0 Å². The molecule has 0 aliphatic heterocycles. The maximum Gasteiger partial charge on any atom is 0.244 e. The SMILES string of the molecule is CCOc1cc(/C=C/C(=O)NCc2ccc(F)cc2)cc(Cl)c1OC. The molecule has 0 aliphatic rings. The van der Waals surface area contributed by atoms with Crippen LogP contribution in [0.4, 0.5) is 4.39 Å². The average molecular weight is 364 g/mol. The summed E-state index contributed by atoms with van der Waals surface area (Å²) in [6.45, 7) is 2.65. The van der Waals surface area contributed by atoms with Crippen LogP contribution in [0.2, 0.25) is 5.02 Å². The van der Waals surface area contributed by atoms with Crippen LogP contribution in [0.3, 0.4) is 0 Å². The summed E-state index contributed by atoms with van der Waals surface area (Å²) in [4.78, 5) is 11.9. The molecular formula is C19H19ClFNO3. The van der Waals surface area contributed by atoms with Gasteiger partial charge >= 0.3 is 0 Å². The number of carbonyl (C=O) groups is 1. The molecule has 0 unspecified atom stereocenters. The van der Waals surface area contributed by atoms with Gasteiger partial charge in [-0.25, -0.2) is 4.39 Å². The van der Waals surface area contributed by atoms with Gasteiger partial charge < -0.3 is 14.8 Å². The molecule has 1 N–H and O–H groups in total. The Balaban J connectivity index is 2.02. The van der Waals surface area contributed by atoms with Crippen LogP contribution in [0.1, 0.15) is 18.1 Å².